The number of ether oxygens (including phenoxy) is 2. The molecule has 0 saturated heterocycles. The molecule has 0 amide bonds. The molecule has 0 aliphatic carbocycles. The fourth-order valence-electron chi connectivity index (χ4n) is 2.88. The average molecular weight is 326 g/mol. The Kier molecular flexibility index (Phi) is 3.31. The number of aromatic nitrogens is 2. The van der Waals surface area contributed by atoms with Crippen LogP contribution in [0.1, 0.15) is 11.1 Å². The second-order valence-corrected chi connectivity index (χ2v) is 5.58. The molecule has 8 heteroatoms. The monoisotopic (exact) mass is 326 g/mol. The molecule has 3 aromatic rings. The van der Waals surface area contributed by atoms with Crippen molar-refractivity contribution in [3.8, 4) is 5.75 Å². The van der Waals surface area contributed by atoms with Crippen molar-refractivity contribution in [2.24, 2.45) is 0 Å². The second-order valence-electron chi connectivity index (χ2n) is 5.58. The van der Waals surface area contributed by atoms with E-state index in [0.717, 1.165) is 10.9 Å². The summed E-state index contributed by atoms with van der Waals surface area (Å²) in [5, 5.41) is 16.5. The summed E-state index contributed by atoms with van der Waals surface area (Å²) in [6, 6.07) is 8.53. The number of non-ortho nitro benzene ring substituents is 1. The zero-order valence-electron chi connectivity index (χ0n) is 12.6. The zero-order chi connectivity index (χ0) is 16.7. The Labute approximate surface area is 136 Å². The Morgan fingerprint density at radius 2 is 2.21 bits per heavy atom. The first-order valence-corrected chi connectivity index (χ1v) is 7.33. The van der Waals surface area contributed by atoms with Crippen molar-refractivity contribution < 1.29 is 14.4 Å². The van der Waals surface area contributed by atoms with E-state index in [2.05, 4.69) is 5.10 Å². The molecule has 1 aliphatic rings. The van der Waals surface area contributed by atoms with E-state index in [1.54, 1.807) is 10.9 Å². The highest BCUT2D eigenvalue weighted by Crippen LogP contribution is 2.33. The van der Waals surface area contributed by atoms with Crippen molar-refractivity contribution in [1.29, 1.82) is 0 Å². The summed E-state index contributed by atoms with van der Waals surface area (Å²) in [4.78, 5) is 10.8. The van der Waals surface area contributed by atoms with Crippen LogP contribution in [0.25, 0.3) is 10.9 Å². The van der Waals surface area contributed by atoms with Crippen LogP contribution in [0.5, 0.6) is 5.75 Å². The first-order chi connectivity index (χ1) is 11.6. The second kappa shape index (κ2) is 5.50. The van der Waals surface area contributed by atoms with Crippen molar-refractivity contribution in [2.45, 2.75) is 13.2 Å². The largest absolute Gasteiger partial charge is 0.467 e. The third-order valence-corrected chi connectivity index (χ3v) is 3.97. The number of nitro benzene ring substituents is 1. The van der Waals surface area contributed by atoms with Gasteiger partial charge in [0.25, 0.3) is 5.69 Å². The number of nitrogens with two attached hydrogens (primary N) is 1. The van der Waals surface area contributed by atoms with E-state index < -0.39 is 4.92 Å². The molecule has 122 valence electrons. The van der Waals surface area contributed by atoms with Crippen molar-refractivity contribution >= 4 is 22.3 Å². The lowest BCUT2D eigenvalue weighted by Crippen LogP contribution is -2.15. The number of hydrogen-bond acceptors (Lipinski definition) is 6. The van der Waals surface area contributed by atoms with Gasteiger partial charge in [-0.3, -0.25) is 14.8 Å². The molecular formula is C16H14N4O4. The molecule has 0 saturated carbocycles. The maximum absolute atomic E-state index is 11.2. The van der Waals surface area contributed by atoms with Gasteiger partial charge in [0, 0.05) is 34.3 Å². The highest BCUT2D eigenvalue weighted by atomic mass is 16.7. The van der Waals surface area contributed by atoms with Crippen LogP contribution in [-0.4, -0.2) is 21.5 Å². The van der Waals surface area contributed by atoms with Crippen molar-refractivity contribution in [2.75, 3.05) is 12.5 Å². The Bertz CT molecular complexity index is 951. The van der Waals surface area contributed by atoms with Crippen LogP contribution in [-0.2, 0) is 17.9 Å². The first kappa shape index (κ1) is 14.5. The number of hydrogen-bond donors (Lipinski definition) is 1. The van der Waals surface area contributed by atoms with Crippen LogP contribution in [0.15, 0.2) is 36.5 Å². The normalized spacial score (nSPS) is 13.5. The Morgan fingerprint density at radius 1 is 1.33 bits per heavy atom. The molecule has 2 N–H and O–H groups in total. The summed E-state index contributed by atoms with van der Waals surface area (Å²) in [7, 11) is 0. The highest BCUT2D eigenvalue weighted by molar-refractivity contribution is 5.81. The number of nitro groups is 1. The Morgan fingerprint density at radius 3 is 3.04 bits per heavy atom. The fraction of sp³-hybridized carbons (Fsp3) is 0.188. The molecule has 24 heavy (non-hydrogen) atoms. The molecule has 0 atom stereocenters. The summed E-state index contributed by atoms with van der Waals surface area (Å²) in [6.07, 6.45) is 1.74. The van der Waals surface area contributed by atoms with Gasteiger partial charge in [0.1, 0.15) is 5.75 Å². The Balaban J connectivity index is 1.81. The molecular weight excluding hydrogens is 312 g/mol. The topological polar surface area (TPSA) is 105 Å². The molecule has 1 aromatic heterocycles. The summed E-state index contributed by atoms with van der Waals surface area (Å²) in [6.45, 7) is 0.762. The number of fused-ring (bicyclic) bond motifs is 2. The summed E-state index contributed by atoms with van der Waals surface area (Å²) in [5.74, 6) is 0.624. The molecule has 0 unspecified atom stereocenters. The lowest BCUT2D eigenvalue weighted by Gasteiger charge is -2.20. The van der Waals surface area contributed by atoms with Gasteiger partial charge in [0.2, 0.25) is 0 Å². The fourth-order valence-corrected chi connectivity index (χ4v) is 2.88. The van der Waals surface area contributed by atoms with Crippen LogP contribution >= 0.6 is 0 Å². The lowest BCUT2D eigenvalue weighted by atomic mass is 10.1. The minimum atomic E-state index is -0.419. The van der Waals surface area contributed by atoms with Gasteiger partial charge in [-0.2, -0.15) is 5.10 Å². The van der Waals surface area contributed by atoms with Gasteiger partial charge in [-0.05, 0) is 18.2 Å². The van der Waals surface area contributed by atoms with Gasteiger partial charge in [-0.1, -0.05) is 0 Å². The summed E-state index contributed by atoms with van der Waals surface area (Å²) < 4.78 is 12.5. The van der Waals surface area contributed by atoms with E-state index in [0.29, 0.717) is 29.1 Å². The van der Waals surface area contributed by atoms with Crippen LogP contribution in [0.4, 0.5) is 11.4 Å². The number of nitrogens with zero attached hydrogens (tertiary/aromatic N) is 3. The quantitative estimate of drug-likeness (QED) is 0.450. The van der Waals surface area contributed by atoms with E-state index in [1.807, 2.05) is 18.2 Å². The highest BCUT2D eigenvalue weighted by Gasteiger charge is 2.21. The predicted octanol–water partition coefficient (Wildman–Crippen LogP) is 2.44. The van der Waals surface area contributed by atoms with Gasteiger partial charge in [0.15, 0.2) is 6.79 Å². The first-order valence-electron chi connectivity index (χ1n) is 7.33. The van der Waals surface area contributed by atoms with Crippen LogP contribution in [0.3, 0.4) is 0 Å². The molecule has 8 nitrogen and oxygen atoms in total. The third kappa shape index (κ3) is 2.42. The minimum Gasteiger partial charge on any atom is -0.467 e. The zero-order valence-corrected chi connectivity index (χ0v) is 12.6. The maximum Gasteiger partial charge on any atom is 0.270 e. The van der Waals surface area contributed by atoms with Gasteiger partial charge >= 0.3 is 0 Å². The molecule has 4 rings (SSSR count). The van der Waals surface area contributed by atoms with Gasteiger partial charge < -0.3 is 15.2 Å². The third-order valence-electron chi connectivity index (χ3n) is 3.97. The minimum absolute atomic E-state index is 0.00817. The van der Waals surface area contributed by atoms with Crippen LogP contribution < -0.4 is 10.5 Å². The van der Waals surface area contributed by atoms with Crippen LogP contribution in [0, 0.1) is 10.1 Å². The van der Waals surface area contributed by atoms with Crippen molar-refractivity contribution in [3.63, 3.8) is 0 Å². The number of benzene rings is 2. The predicted molar refractivity (Wildman–Crippen MR) is 86.6 cm³/mol. The molecule has 2 aromatic carbocycles. The van der Waals surface area contributed by atoms with E-state index in [1.165, 1.54) is 12.1 Å². The van der Waals surface area contributed by atoms with Crippen molar-refractivity contribution in [3.05, 3.63) is 57.8 Å². The van der Waals surface area contributed by atoms with E-state index >= 15 is 0 Å². The van der Waals surface area contributed by atoms with E-state index in [9.17, 15) is 10.1 Å². The average Bonchev–Trinajstić information content (AvgIpc) is 2.97. The van der Waals surface area contributed by atoms with E-state index in [-0.39, 0.29) is 19.1 Å². The van der Waals surface area contributed by atoms with E-state index in [4.69, 9.17) is 15.2 Å². The smallest absolute Gasteiger partial charge is 0.270 e. The lowest BCUT2D eigenvalue weighted by molar-refractivity contribution is -0.385. The van der Waals surface area contributed by atoms with Crippen molar-refractivity contribution in [1.82, 2.24) is 9.78 Å². The summed E-state index contributed by atoms with van der Waals surface area (Å²) >= 11 is 0. The molecule has 0 spiro atoms. The van der Waals surface area contributed by atoms with Gasteiger partial charge in [-0.25, -0.2) is 0 Å². The number of nitrogen functional groups attached to an aromatic ring is 1. The van der Waals surface area contributed by atoms with Gasteiger partial charge in [-0.15, -0.1) is 0 Å². The Hall–Kier alpha value is -3.13. The summed E-state index contributed by atoms with van der Waals surface area (Å²) in [5.41, 5.74) is 8.71. The molecule has 1 aliphatic heterocycles. The SMILES string of the molecule is Nc1ccc2cnn(Cc3cc([N+](=O)[O-])cc4c3OCOC4)c2c1. The number of rotatable bonds is 3. The molecule has 0 bridgehead atoms. The molecule has 2 heterocycles. The molecule has 0 fully saturated rings. The molecule has 0 radical (unpaired) electrons. The van der Waals surface area contributed by atoms with Gasteiger partial charge in [0.05, 0.1) is 29.8 Å². The standard InChI is InChI=1S/C16H14N4O4/c17-13-2-1-10-6-18-19(15(10)5-13)7-11-3-14(20(21)22)4-12-8-23-9-24-16(11)12/h1-6H,7-9,17H2. The van der Waals surface area contributed by atoms with Crippen LogP contribution in [0.2, 0.25) is 0 Å². The number of anilines is 1. The maximum atomic E-state index is 11.2.